The van der Waals surface area contributed by atoms with Gasteiger partial charge < -0.3 is 4.74 Å². The van der Waals surface area contributed by atoms with Crippen LogP contribution in [-0.4, -0.2) is 11.7 Å². The zero-order chi connectivity index (χ0) is 8.48. The molecule has 0 N–H and O–H groups in total. The second-order valence-electron chi connectivity index (χ2n) is 4.00. The Bertz CT molecular complexity index is 149. The Hall–Kier alpha value is -0.300. The highest BCUT2D eigenvalue weighted by molar-refractivity contribution is 4.95. The van der Waals surface area contributed by atoms with Gasteiger partial charge in [-0.15, -0.1) is 6.58 Å². The molecule has 0 amide bonds. The number of ether oxygens (including phenoxy) is 1. The lowest BCUT2D eigenvalue weighted by molar-refractivity contribution is 0.316. The van der Waals surface area contributed by atoms with E-state index in [0.717, 1.165) is 0 Å². The quantitative estimate of drug-likeness (QED) is 0.448. The summed E-state index contributed by atoms with van der Waals surface area (Å²) >= 11 is 0. The van der Waals surface area contributed by atoms with Crippen molar-refractivity contribution in [2.75, 3.05) is 0 Å². The van der Waals surface area contributed by atoms with Gasteiger partial charge in [0.05, 0.1) is 11.7 Å². The molecule has 1 heterocycles. The Balaban J connectivity index is 2.10. The standard InChI is InChI=1S/C10H18O/c1-5-8(2)6-7-9-10(3,4)11-9/h5,8-9H,1,6-7H2,2-4H3/t8-,9+/m0/s1. The predicted octanol–water partition coefficient (Wildman–Crippen LogP) is 2.77. The van der Waals surface area contributed by atoms with Gasteiger partial charge in [0.2, 0.25) is 0 Å². The van der Waals surface area contributed by atoms with Crippen LogP contribution in [0, 0.1) is 5.92 Å². The molecule has 1 fully saturated rings. The van der Waals surface area contributed by atoms with Gasteiger partial charge in [-0.25, -0.2) is 0 Å². The van der Waals surface area contributed by atoms with Crippen molar-refractivity contribution in [3.63, 3.8) is 0 Å². The van der Waals surface area contributed by atoms with Crippen LogP contribution in [0.25, 0.3) is 0 Å². The molecule has 1 saturated heterocycles. The van der Waals surface area contributed by atoms with E-state index in [0.29, 0.717) is 12.0 Å². The van der Waals surface area contributed by atoms with E-state index in [1.165, 1.54) is 12.8 Å². The number of hydrogen-bond acceptors (Lipinski definition) is 1. The summed E-state index contributed by atoms with van der Waals surface area (Å²) in [6, 6.07) is 0. The minimum atomic E-state index is 0.168. The molecule has 11 heavy (non-hydrogen) atoms. The molecular formula is C10H18O. The molecule has 1 rings (SSSR count). The fraction of sp³-hybridized carbons (Fsp3) is 0.800. The van der Waals surface area contributed by atoms with Gasteiger partial charge in [0.25, 0.3) is 0 Å². The van der Waals surface area contributed by atoms with Crippen LogP contribution in [0.4, 0.5) is 0 Å². The van der Waals surface area contributed by atoms with Crippen molar-refractivity contribution in [3.8, 4) is 0 Å². The first-order valence-electron chi connectivity index (χ1n) is 4.36. The minimum Gasteiger partial charge on any atom is -0.367 e. The number of hydrogen-bond donors (Lipinski definition) is 0. The maximum Gasteiger partial charge on any atom is 0.0892 e. The zero-order valence-electron chi connectivity index (χ0n) is 7.76. The molecule has 2 atom stereocenters. The van der Waals surface area contributed by atoms with E-state index in [4.69, 9.17) is 4.74 Å². The van der Waals surface area contributed by atoms with Crippen LogP contribution in [0.1, 0.15) is 33.6 Å². The topological polar surface area (TPSA) is 12.5 Å². The molecule has 1 aliphatic rings. The summed E-state index contributed by atoms with van der Waals surface area (Å²) in [5.74, 6) is 0.634. The smallest absolute Gasteiger partial charge is 0.0892 e. The SMILES string of the molecule is C=C[C@H](C)CC[C@H]1OC1(C)C. The summed E-state index contributed by atoms with van der Waals surface area (Å²) in [5, 5.41) is 0. The average molecular weight is 154 g/mol. The first-order valence-corrected chi connectivity index (χ1v) is 4.36. The molecule has 0 aromatic carbocycles. The fourth-order valence-corrected chi connectivity index (χ4v) is 1.27. The van der Waals surface area contributed by atoms with Crippen molar-refractivity contribution in [2.45, 2.75) is 45.3 Å². The van der Waals surface area contributed by atoms with E-state index in [2.05, 4.69) is 27.4 Å². The Morgan fingerprint density at radius 3 is 2.55 bits per heavy atom. The summed E-state index contributed by atoms with van der Waals surface area (Å²) in [6.07, 6.45) is 4.90. The zero-order valence-corrected chi connectivity index (χ0v) is 7.76. The van der Waals surface area contributed by atoms with E-state index in [9.17, 15) is 0 Å². The van der Waals surface area contributed by atoms with Crippen molar-refractivity contribution in [1.82, 2.24) is 0 Å². The molecule has 1 aliphatic heterocycles. The van der Waals surface area contributed by atoms with Gasteiger partial charge in [0.1, 0.15) is 0 Å². The first kappa shape index (κ1) is 8.79. The third-order valence-electron chi connectivity index (χ3n) is 2.45. The van der Waals surface area contributed by atoms with Crippen LogP contribution in [0.5, 0.6) is 0 Å². The third-order valence-corrected chi connectivity index (χ3v) is 2.45. The molecule has 1 nitrogen and oxygen atoms in total. The van der Waals surface area contributed by atoms with Crippen LogP contribution >= 0.6 is 0 Å². The normalized spacial score (nSPS) is 29.5. The summed E-state index contributed by atoms with van der Waals surface area (Å²) in [5.41, 5.74) is 0.168. The molecule has 0 aromatic heterocycles. The van der Waals surface area contributed by atoms with Crippen LogP contribution in [0.15, 0.2) is 12.7 Å². The number of rotatable bonds is 4. The van der Waals surface area contributed by atoms with Gasteiger partial charge >= 0.3 is 0 Å². The summed E-state index contributed by atoms with van der Waals surface area (Å²) in [7, 11) is 0. The second-order valence-corrected chi connectivity index (χ2v) is 4.00. The van der Waals surface area contributed by atoms with Gasteiger partial charge in [-0.2, -0.15) is 0 Å². The average Bonchev–Trinajstić information content (AvgIpc) is 2.54. The Morgan fingerprint density at radius 2 is 2.18 bits per heavy atom. The van der Waals surface area contributed by atoms with Crippen molar-refractivity contribution in [3.05, 3.63) is 12.7 Å². The van der Waals surface area contributed by atoms with E-state index in [-0.39, 0.29) is 5.60 Å². The predicted molar refractivity (Wildman–Crippen MR) is 47.5 cm³/mol. The summed E-state index contributed by atoms with van der Waals surface area (Å²) in [4.78, 5) is 0. The Kier molecular flexibility index (Phi) is 2.38. The first-order chi connectivity index (χ1) is 5.06. The van der Waals surface area contributed by atoms with Crippen LogP contribution in [0.2, 0.25) is 0 Å². The molecule has 0 bridgehead atoms. The highest BCUT2D eigenvalue weighted by Gasteiger charge is 2.46. The van der Waals surface area contributed by atoms with E-state index in [1.54, 1.807) is 0 Å². The molecule has 64 valence electrons. The summed E-state index contributed by atoms with van der Waals surface area (Å²) in [6.45, 7) is 10.2. The van der Waals surface area contributed by atoms with E-state index < -0.39 is 0 Å². The number of epoxide rings is 1. The monoisotopic (exact) mass is 154 g/mol. The molecule has 0 aliphatic carbocycles. The lowest BCUT2D eigenvalue weighted by Gasteiger charge is -2.02. The Morgan fingerprint density at radius 1 is 1.64 bits per heavy atom. The second kappa shape index (κ2) is 2.98. The van der Waals surface area contributed by atoms with Crippen LogP contribution < -0.4 is 0 Å². The van der Waals surface area contributed by atoms with Gasteiger partial charge in [-0.3, -0.25) is 0 Å². The third kappa shape index (κ3) is 2.33. The molecule has 1 heteroatoms. The molecule has 0 radical (unpaired) electrons. The highest BCUT2D eigenvalue weighted by atomic mass is 16.6. The van der Waals surface area contributed by atoms with E-state index >= 15 is 0 Å². The lowest BCUT2D eigenvalue weighted by atomic mass is 10.00. The van der Waals surface area contributed by atoms with E-state index in [1.807, 2.05) is 6.08 Å². The highest BCUT2D eigenvalue weighted by Crippen LogP contribution is 2.38. The maximum atomic E-state index is 5.46. The molecule has 0 unspecified atom stereocenters. The summed E-state index contributed by atoms with van der Waals surface area (Å²) < 4.78 is 5.46. The maximum absolute atomic E-state index is 5.46. The Labute approximate surface area is 69.4 Å². The molecular weight excluding hydrogens is 136 g/mol. The fourth-order valence-electron chi connectivity index (χ4n) is 1.27. The van der Waals surface area contributed by atoms with Crippen LogP contribution in [0.3, 0.4) is 0 Å². The van der Waals surface area contributed by atoms with Crippen LogP contribution in [-0.2, 0) is 4.74 Å². The van der Waals surface area contributed by atoms with Crippen molar-refractivity contribution < 1.29 is 4.74 Å². The van der Waals surface area contributed by atoms with Gasteiger partial charge in [0, 0.05) is 0 Å². The largest absolute Gasteiger partial charge is 0.367 e. The van der Waals surface area contributed by atoms with Crippen molar-refractivity contribution in [1.29, 1.82) is 0 Å². The minimum absolute atomic E-state index is 0.168. The molecule has 0 saturated carbocycles. The van der Waals surface area contributed by atoms with Gasteiger partial charge in [-0.1, -0.05) is 13.0 Å². The van der Waals surface area contributed by atoms with Crippen molar-refractivity contribution in [2.24, 2.45) is 5.92 Å². The number of allylic oxidation sites excluding steroid dienone is 1. The van der Waals surface area contributed by atoms with Gasteiger partial charge in [-0.05, 0) is 32.6 Å². The lowest BCUT2D eigenvalue weighted by Crippen LogP contribution is -2.04. The molecule has 0 aromatic rings. The van der Waals surface area contributed by atoms with Gasteiger partial charge in [0.15, 0.2) is 0 Å². The van der Waals surface area contributed by atoms with Crippen molar-refractivity contribution >= 4 is 0 Å². The molecule has 0 spiro atoms.